The van der Waals surface area contributed by atoms with E-state index in [1.54, 1.807) is 0 Å². The van der Waals surface area contributed by atoms with Crippen LogP contribution in [0.5, 0.6) is 0 Å². The summed E-state index contributed by atoms with van der Waals surface area (Å²) in [4.78, 5) is 20.9. The second-order valence-corrected chi connectivity index (χ2v) is 4.64. The Labute approximate surface area is 83.9 Å². The van der Waals surface area contributed by atoms with Gasteiger partial charge in [0, 0.05) is 6.42 Å². The van der Waals surface area contributed by atoms with Gasteiger partial charge in [0.05, 0.1) is 6.42 Å². The summed E-state index contributed by atoms with van der Waals surface area (Å²) in [5.74, 6) is -1.65. The number of hydrogen-bond donors (Lipinski definition) is 2. The molecule has 0 aromatic carbocycles. The van der Waals surface area contributed by atoms with Crippen molar-refractivity contribution >= 4 is 11.9 Å². The third kappa shape index (κ3) is 6.46. The first-order valence-corrected chi connectivity index (χ1v) is 4.66. The highest BCUT2D eigenvalue weighted by Gasteiger charge is 2.25. The van der Waals surface area contributed by atoms with Gasteiger partial charge in [-0.15, -0.1) is 0 Å². The fraction of sp³-hybridized carbons (Fsp3) is 0.800. The predicted molar refractivity (Wildman–Crippen MR) is 52.1 cm³/mol. The van der Waals surface area contributed by atoms with Crippen molar-refractivity contribution in [1.29, 1.82) is 0 Å². The normalized spacial score (nSPS) is 13.6. The van der Waals surface area contributed by atoms with E-state index in [1.807, 2.05) is 20.8 Å². The number of aliphatic carboxylic acids is 2. The Balaban J connectivity index is 4.07. The number of carboxylic acids is 2. The molecule has 0 amide bonds. The van der Waals surface area contributed by atoms with E-state index in [9.17, 15) is 9.59 Å². The van der Waals surface area contributed by atoms with Crippen molar-refractivity contribution in [3.63, 3.8) is 0 Å². The summed E-state index contributed by atoms with van der Waals surface area (Å²) in [7, 11) is 0. The molecule has 0 heterocycles. The van der Waals surface area contributed by atoms with Gasteiger partial charge in [-0.2, -0.15) is 0 Å². The van der Waals surface area contributed by atoms with E-state index in [0.717, 1.165) is 0 Å². The molecule has 0 aromatic rings. The van der Waals surface area contributed by atoms with Gasteiger partial charge in [0.2, 0.25) is 0 Å². The Morgan fingerprint density at radius 1 is 1.21 bits per heavy atom. The Morgan fingerprint density at radius 2 is 1.71 bits per heavy atom. The highest BCUT2D eigenvalue weighted by molar-refractivity contribution is 5.68. The van der Waals surface area contributed by atoms with Gasteiger partial charge in [0.15, 0.2) is 0 Å². The number of carboxylic acid groups (broad SMARTS) is 2. The molecule has 0 rings (SSSR count). The maximum Gasteiger partial charge on any atom is 0.303 e. The molecular weight excluding hydrogens is 184 g/mol. The Bertz CT molecular complexity index is 220. The average molecular weight is 202 g/mol. The summed E-state index contributed by atoms with van der Waals surface area (Å²) in [5, 5.41) is 17.2. The van der Waals surface area contributed by atoms with E-state index in [0.29, 0.717) is 6.42 Å². The minimum Gasteiger partial charge on any atom is -0.481 e. The molecule has 1 atom stereocenters. The zero-order valence-electron chi connectivity index (χ0n) is 8.91. The van der Waals surface area contributed by atoms with Crippen LogP contribution < -0.4 is 0 Å². The molecule has 0 aliphatic carbocycles. The van der Waals surface area contributed by atoms with Crippen LogP contribution >= 0.6 is 0 Å². The van der Waals surface area contributed by atoms with Crippen molar-refractivity contribution < 1.29 is 19.8 Å². The molecule has 0 aliphatic rings. The van der Waals surface area contributed by atoms with Gasteiger partial charge >= 0.3 is 11.9 Å². The Kier molecular flexibility index (Phi) is 4.60. The average Bonchev–Trinajstić information content (AvgIpc) is 1.77. The van der Waals surface area contributed by atoms with Crippen molar-refractivity contribution in [1.82, 2.24) is 0 Å². The van der Waals surface area contributed by atoms with Crippen molar-refractivity contribution in [3.8, 4) is 0 Å². The zero-order valence-corrected chi connectivity index (χ0v) is 8.91. The first-order chi connectivity index (χ1) is 6.23. The van der Waals surface area contributed by atoms with Crippen LogP contribution in [-0.4, -0.2) is 22.2 Å². The Hall–Kier alpha value is -1.06. The molecule has 4 nitrogen and oxygen atoms in total. The minimum absolute atomic E-state index is 0.0156. The topological polar surface area (TPSA) is 74.6 Å². The maximum absolute atomic E-state index is 10.5. The van der Waals surface area contributed by atoms with Crippen LogP contribution in [0.2, 0.25) is 0 Å². The first-order valence-electron chi connectivity index (χ1n) is 4.66. The lowest BCUT2D eigenvalue weighted by molar-refractivity contribution is -0.139. The molecule has 0 fully saturated rings. The lowest BCUT2D eigenvalue weighted by atomic mass is 9.80. The van der Waals surface area contributed by atoms with Gasteiger partial charge in [-0.1, -0.05) is 20.8 Å². The van der Waals surface area contributed by atoms with Crippen LogP contribution in [0.3, 0.4) is 0 Å². The molecule has 0 saturated carbocycles. The zero-order chi connectivity index (χ0) is 11.4. The maximum atomic E-state index is 10.5. The molecule has 14 heavy (non-hydrogen) atoms. The van der Waals surface area contributed by atoms with Crippen molar-refractivity contribution in [2.75, 3.05) is 0 Å². The van der Waals surface area contributed by atoms with E-state index in [1.165, 1.54) is 0 Å². The second kappa shape index (κ2) is 4.98. The molecule has 4 heteroatoms. The van der Waals surface area contributed by atoms with Crippen molar-refractivity contribution in [3.05, 3.63) is 0 Å². The molecule has 0 radical (unpaired) electrons. The third-order valence-corrected chi connectivity index (χ3v) is 2.05. The summed E-state index contributed by atoms with van der Waals surface area (Å²) in [5.41, 5.74) is -0.333. The lowest BCUT2D eigenvalue weighted by Gasteiger charge is -2.25. The van der Waals surface area contributed by atoms with Crippen molar-refractivity contribution in [2.45, 2.75) is 40.0 Å². The fourth-order valence-electron chi connectivity index (χ4n) is 1.80. The predicted octanol–water partition coefficient (Wildman–Crippen LogP) is 1.99. The van der Waals surface area contributed by atoms with E-state index >= 15 is 0 Å². The smallest absolute Gasteiger partial charge is 0.303 e. The lowest BCUT2D eigenvalue weighted by Crippen LogP contribution is -2.21. The summed E-state index contributed by atoms with van der Waals surface area (Å²) in [6, 6.07) is 0. The highest BCUT2D eigenvalue weighted by Crippen LogP contribution is 2.30. The van der Waals surface area contributed by atoms with Crippen LogP contribution in [0.15, 0.2) is 0 Å². The minimum atomic E-state index is -0.836. The molecule has 0 bridgehead atoms. The molecule has 1 unspecified atom stereocenters. The van der Waals surface area contributed by atoms with Gasteiger partial charge in [-0.05, 0) is 17.8 Å². The van der Waals surface area contributed by atoms with Gasteiger partial charge < -0.3 is 10.2 Å². The van der Waals surface area contributed by atoms with Gasteiger partial charge in [0.25, 0.3) is 0 Å². The number of carbonyl (C=O) groups is 2. The molecule has 0 spiro atoms. The second-order valence-electron chi connectivity index (χ2n) is 4.64. The van der Waals surface area contributed by atoms with E-state index in [-0.39, 0.29) is 24.2 Å². The number of hydrogen-bond acceptors (Lipinski definition) is 2. The quantitative estimate of drug-likeness (QED) is 0.690. The van der Waals surface area contributed by atoms with Gasteiger partial charge in [-0.25, -0.2) is 0 Å². The van der Waals surface area contributed by atoms with Crippen LogP contribution in [0.4, 0.5) is 0 Å². The molecular formula is C10H18O4. The summed E-state index contributed by atoms with van der Waals surface area (Å²) < 4.78 is 0. The van der Waals surface area contributed by atoms with Crippen LogP contribution in [0.25, 0.3) is 0 Å². The number of rotatable bonds is 6. The summed E-state index contributed by atoms with van der Waals surface area (Å²) in [6.45, 7) is 5.52. The van der Waals surface area contributed by atoms with E-state index in [4.69, 9.17) is 10.2 Å². The van der Waals surface area contributed by atoms with Crippen LogP contribution in [-0.2, 0) is 9.59 Å². The highest BCUT2D eigenvalue weighted by atomic mass is 16.4. The van der Waals surface area contributed by atoms with Gasteiger partial charge in [0.1, 0.15) is 0 Å². The monoisotopic (exact) mass is 202 g/mol. The standard InChI is InChI=1S/C10H18O4/c1-7(4-8(11)12)5-10(2,3)6-9(13)14/h7H,4-6H2,1-3H3,(H,11,12)(H,13,14). The Morgan fingerprint density at radius 3 is 2.07 bits per heavy atom. The SMILES string of the molecule is CC(CC(=O)O)CC(C)(C)CC(=O)O. The molecule has 2 N–H and O–H groups in total. The molecule has 82 valence electrons. The summed E-state index contributed by atoms with van der Waals surface area (Å²) >= 11 is 0. The van der Waals surface area contributed by atoms with E-state index < -0.39 is 11.9 Å². The van der Waals surface area contributed by atoms with Crippen molar-refractivity contribution in [2.24, 2.45) is 11.3 Å². The molecule has 0 aromatic heterocycles. The van der Waals surface area contributed by atoms with E-state index in [2.05, 4.69) is 0 Å². The first kappa shape index (κ1) is 12.9. The molecule has 0 saturated heterocycles. The van der Waals surface area contributed by atoms with Gasteiger partial charge in [-0.3, -0.25) is 9.59 Å². The largest absolute Gasteiger partial charge is 0.481 e. The van der Waals surface area contributed by atoms with Crippen LogP contribution in [0.1, 0.15) is 40.0 Å². The fourth-order valence-corrected chi connectivity index (χ4v) is 1.80. The molecule has 0 aliphatic heterocycles. The summed E-state index contributed by atoms with van der Waals surface area (Å²) in [6.07, 6.45) is 0.797. The van der Waals surface area contributed by atoms with Crippen LogP contribution in [0, 0.1) is 11.3 Å². The third-order valence-electron chi connectivity index (χ3n) is 2.05.